The summed E-state index contributed by atoms with van der Waals surface area (Å²) in [6.07, 6.45) is 2.09. The molecule has 0 fully saturated rings. The van der Waals surface area contributed by atoms with Gasteiger partial charge in [-0.05, 0) is 0 Å². The first kappa shape index (κ1) is 7.98. The lowest BCUT2D eigenvalue weighted by Crippen LogP contribution is -2.10. The smallest absolute Gasteiger partial charge is 0.200 e. The molecule has 0 unspecified atom stereocenters. The monoisotopic (exact) mass is 153 g/mol. The highest BCUT2D eigenvalue weighted by Gasteiger charge is 2.19. The Hall–Kier alpha value is -1.12. The Labute approximate surface area is 65.4 Å². The normalized spacial score (nSPS) is 11.5. The number of rotatable bonds is 1. The van der Waals surface area contributed by atoms with Crippen LogP contribution < -0.4 is 0 Å². The quantitative estimate of drug-likeness (QED) is 0.577. The fourth-order valence-electron chi connectivity index (χ4n) is 0.688. The Morgan fingerprint density at radius 2 is 2.18 bits per heavy atom. The number of carbonyl (C=O) groups is 1. The zero-order valence-electron chi connectivity index (χ0n) is 6.92. The van der Waals surface area contributed by atoms with Crippen LogP contribution in [-0.2, 0) is 5.41 Å². The average molecular weight is 153 g/mol. The standard InChI is InChI=1S/C8H11NO2/c1-8(2,3)7-9-4-6(5-10)11-7/h4-5H,1-3H3. The topological polar surface area (TPSA) is 43.1 Å². The van der Waals surface area contributed by atoms with Gasteiger partial charge in [-0.3, -0.25) is 4.79 Å². The number of aromatic nitrogens is 1. The van der Waals surface area contributed by atoms with Crippen molar-refractivity contribution in [1.29, 1.82) is 0 Å². The summed E-state index contributed by atoms with van der Waals surface area (Å²) in [7, 11) is 0. The van der Waals surface area contributed by atoms with Gasteiger partial charge in [-0.25, -0.2) is 4.98 Å². The molecule has 0 aliphatic rings. The number of aldehydes is 1. The molecule has 3 nitrogen and oxygen atoms in total. The second-order valence-electron chi connectivity index (χ2n) is 3.44. The van der Waals surface area contributed by atoms with Gasteiger partial charge in [0.1, 0.15) is 0 Å². The molecule has 1 rings (SSSR count). The predicted octanol–water partition coefficient (Wildman–Crippen LogP) is 1.78. The van der Waals surface area contributed by atoms with Crippen LogP contribution in [0.25, 0.3) is 0 Å². The van der Waals surface area contributed by atoms with Gasteiger partial charge in [0.15, 0.2) is 17.9 Å². The van der Waals surface area contributed by atoms with E-state index in [9.17, 15) is 4.79 Å². The molecule has 11 heavy (non-hydrogen) atoms. The summed E-state index contributed by atoms with van der Waals surface area (Å²) >= 11 is 0. The fourth-order valence-corrected chi connectivity index (χ4v) is 0.688. The molecule has 60 valence electrons. The van der Waals surface area contributed by atoms with Crippen LogP contribution in [-0.4, -0.2) is 11.3 Å². The maximum atomic E-state index is 10.2. The molecule has 0 amide bonds. The summed E-state index contributed by atoms with van der Waals surface area (Å²) in [5.74, 6) is 0.884. The van der Waals surface area contributed by atoms with E-state index in [1.807, 2.05) is 20.8 Å². The summed E-state index contributed by atoms with van der Waals surface area (Å²) in [6, 6.07) is 0. The molecule has 0 spiro atoms. The summed E-state index contributed by atoms with van der Waals surface area (Å²) in [6.45, 7) is 5.94. The Bertz CT molecular complexity index is 257. The number of hydrogen-bond acceptors (Lipinski definition) is 3. The van der Waals surface area contributed by atoms with Gasteiger partial charge >= 0.3 is 0 Å². The van der Waals surface area contributed by atoms with Crippen LogP contribution in [0.5, 0.6) is 0 Å². The van der Waals surface area contributed by atoms with Gasteiger partial charge in [0.2, 0.25) is 0 Å². The Morgan fingerprint density at radius 3 is 2.45 bits per heavy atom. The van der Waals surface area contributed by atoms with Crippen LogP contribution >= 0.6 is 0 Å². The molecule has 0 aromatic carbocycles. The molecular weight excluding hydrogens is 142 g/mol. The van der Waals surface area contributed by atoms with Crippen molar-refractivity contribution in [2.45, 2.75) is 26.2 Å². The number of carbonyl (C=O) groups excluding carboxylic acids is 1. The van der Waals surface area contributed by atoms with E-state index in [0.29, 0.717) is 12.2 Å². The first-order valence-electron chi connectivity index (χ1n) is 3.45. The molecule has 1 heterocycles. The Balaban J connectivity index is 2.98. The highest BCUT2D eigenvalue weighted by molar-refractivity contribution is 5.69. The van der Waals surface area contributed by atoms with Gasteiger partial charge in [0.25, 0.3) is 0 Å². The molecule has 3 heteroatoms. The van der Waals surface area contributed by atoms with Crippen molar-refractivity contribution in [2.24, 2.45) is 0 Å². The van der Waals surface area contributed by atoms with E-state index in [-0.39, 0.29) is 11.2 Å². The highest BCUT2D eigenvalue weighted by Crippen LogP contribution is 2.20. The van der Waals surface area contributed by atoms with Gasteiger partial charge in [-0.1, -0.05) is 20.8 Å². The summed E-state index contributed by atoms with van der Waals surface area (Å²) in [5.41, 5.74) is -0.124. The van der Waals surface area contributed by atoms with Gasteiger partial charge < -0.3 is 4.42 Å². The predicted molar refractivity (Wildman–Crippen MR) is 40.6 cm³/mol. The number of hydrogen-bond donors (Lipinski definition) is 0. The minimum Gasteiger partial charge on any atom is -0.437 e. The second kappa shape index (κ2) is 2.49. The van der Waals surface area contributed by atoms with Crippen molar-refractivity contribution in [2.75, 3.05) is 0 Å². The fraction of sp³-hybridized carbons (Fsp3) is 0.500. The zero-order valence-corrected chi connectivity index (χ0v) is 6.92. The molecule has 1 aromatic rings. The molecule has 0 aliphatic heterocycles. The summed E-state index contributed by atoms with van der Waals surface area (Å²) in [4.78, 5) is 14.2. The molecular formula is C8H11NO2. The molecule has 0 saturated carbocycles. The summed E-state index contributed by atoms with van der Waals surface area (Å²) < 4.78 is 5.12. The zero-order chi connectivity index (χ0) is 8.48. The van der Waals surface area contributed by atoms with Crippen molar-refractivity contribution in [3.63, 3.8) is 0 Å². The minimum absolute atomic E-state index is 0.124. The largest absolute Gasteiger partial charge is 0.437 e. The van der Waals surface area contributed by atoms with Crippen LogP contribution in [0.4, 0.5) is 0 Å². The van der Waals surface area contributed by atoms with Crippen molar-refractivity contribution in [3.8, 4) is 0 Å². The average Bonchev–Trinajstić information content (AvgIpc) is 2.32. The third-order valence-corrected chi connectivity index (χ3v) is 1.28. The molecule has 0 N–H and O–H groups in total. The third-order valence-electron chi connectivity index (χ3n) is 1.28. The van der Waals surface area contributed by atoms with E-state index in [0.717, 1.165) is 0 Å². The first-order chi connectivity index (χ1) is 5.04. The molecule has 0 radical (unpaired) electrons. The lowest BCUT2D eigenvalue weighted by atomic mass is 9.97. The van der Waals surface area contributed by atoms with E-state index in [4.69, 9.17) is 4.42 Å². The maximum absolute atomic E-state index is 10.2. The van der Waals surface area contributed by atoms with Gasteiger partial charge in [-0.15, -0.1) is 0 Å². The molecule has 0 aliphatic carbocycles. The van der Waals surface area contributed by atoms with Crippen LogP contribution in [0.2, 0.25) is 0 Å². The van der Waals surface area contributed by atoms with Gasteiger partial charge in [-0.2, -0.15) is 0 Å². The number of nitrogens with zero attached hydrogens (tertiary/aromatic N) is 1. The van der Waals surface area contributed by atoms with E-state index in [1.54, 1.807) is 0 Å². The van der Waals surface area contributed by atoms with Gasteiger partial charge in [0, 0.05) is 5.41 Å². The Morgan fingerprint density at radius 1 is 1.55 bits per heavy atom. The second-order valence-corrected chi connectivity index (χ2v) is 3.44. The van der Waals surface area contributed by atoms with Crippen LogP contribution in [0.3, 0.4) is 0 Å². The van der Waals surface area contributed by atoms with E-state index in [1.165, 1.54) is 6.20 Å². The van der Waals surface area contributed by atoms with Gasteiger partial charge in [0.05, 0.1) is 6.20 Å². The molecule has 0 atom stereocenters. The lowest BCUT2D eigenvalue weighted by molar-refractivity contribution is 0.109. The van der Waals surface area contributed by atoms with E-state index in [2.05, 4.69) is 4.98 Å². The molecule has 0 bridgehead atoms. The molecule has 0 saturated heterocycles. The minimum atomic E-state index is -0.124. The first-order valence-corrected chi connectivity index (χ1v) is 3.45. The van der Waals surface area contributed by atoms with Crippen LogP contribution in [0.15, 0.2) is 10.6 Å². The van der Waals surface area contributed by atoms with Crippen molar-refractivity contribution in [1.82, 2.24) is 4.98 Å². The van der Waals surface area contributed by atoms with Crippen molar-refractivity contribution in [3.05, 3.63) is 17.8 Å². The van der Waals surface area contributed by atoms with Crippen molar-refractivity contribution < 1.29 is 9.21 Å². The SMILES string of the molecule is CC(C)(C)c1ncc(C=O)o1. The van der Waals surface area contributed by atoms with E-state index < -0.39 is 0 Å². The highest BCUT2D eigenvalue weighted by atomic mass is 16.4. The van der Waals surface area contributed by atoms with Crippen molar-refractivity contribution >= 4 is 6.29 Å². The van der Waals surface area contributed by atoms with E-state index >= 15 is 0 Å². The Kier molecular flexibility index (Phi) is 1.81. The summed E-state index contributed by atoms with van der Waals surface area (Å²) in [5, 5.41) is 0. The number of oxazole rings is 1. The maximum Gasteiger partial charge on any atom is 0.200 e. The third kappa shape index (κ3) is 1.67. The van der Waals surface area contributed by atoms with Crippen LogP contribution in [0, 0.1) is 0 Å². The lowest BCUT2D eigenvalue weighted by Gasteiger charge is -2.11. The van der Waals surface area contributed by atoms with Crippen LogP contribution in [0.1, 0.15) is 37.2 Å². The molecule has 1 aromatic heterocycles.